The molecule has 3 heterocycles. The van der Waals surface area contributed by atoms with E-state index in [-0.39, 0.29) is 55.6 Å². The van der Waals surface area contributed by atoms with Gasteiger partial charge in [0.05, 0.1) is 25.4 Å². The number of nitrogens with zero attached hydrogens (tertiary/aromatic N) is 7. The molecule has 0 fully saturated rings. The summed E-state index contributed by atoms with van der Waals surface area (Å²) in [6, 6.07) is 8.94. The number of rotatable bonds is 13. The smallest absolute Gasteiger partial charge is 0.406 e. The molecule has 3 N–H and O–H groups in total. The molecule has 0 saturated heterocycles. The third kappa shape index (κ3) is 9.61. The third-order valence-electron chi connectivity index (χ3n) is 5.67. The molecule has 12 nitrogen and oxygen atoms in total. The van der Waals surface area contributed by atoms with Crippen LogP contribution in [-0.4, -0.2) is 58.5 Å². The minimum atomic E-state index is -4.81. The number of hydrogen-bond donors (Lipinski definition) is 3. The Kier molecular flexibility index (Phi) is 9.57. The van der Waals surface area contributed by atoms with Gasteiger partial charge in [0.2, 0.25) is 5.91 Å². The fourth-order valence-electron chi connectivity index (χ4n) is 3.71. The van der Waals surface area contributed by atoms with E-state index in [1.807, 2.05) is 19.1 Å². The quantitative estimate of drug-likeness (QED) is 0.161. The Morgan fingerprint density at radius 1 is 1.10 bits per heavy atom. The Morgan fingerprint density at radius 2 is 1.90 bits per heavy atom. The third-order valence-corrected chi connectivity index (χ3v) is 5.67. The summed E-state index contributed by atoms with van der Waals surface area (Å²) >= 11 is 0. The van der Waals surface area contributed by atoms with Crippen molar-refractivity contribution >= 4 is 11.7 Å². The zero-order chi connectivity index (χ0) is 29.4. The fourth-order valence-corrected chi connectivity index (χ4v) is 3.71. The van der Waals surface area contributed by atoms with Crippen LogP contribution in [0.2, 0.25) is 0 Å². The highest BCUT2D eigenvalue weighted by atomic mass is 19.4. The molecule has 2 unspecified atom stereocenters. The lowest BCUT2D eigenvalue weighted by Gasteiger charge is -2.12. The molecule has 4 aromatic rings. The highest BCUT2D eigenvalue weighted by Gasteiger charge is 2.31. The molecular formula is C25H27F4N9O3. The van der Waals surface area contributed by atoms with Gasteiger partial charge < -0.3 is 15.2 Å². The van der Waals surface area contributed by atoms with E-state index >= 15 is 0 Å². The summed E-state index contributed by atoms with van der Waals surface area (Å²) in [6.45, 7) is 1.93. The van der Waals surface area contributed by atoms with E-state index in [1.54, 1.807) is 12.3 Å². The minimum Gasteiger partial charge on any atom is -0.406 e. The van der Waals surface area contributed by atoms with Crippen LogP contribution in [-0.2, 0) is 30.8 Å². The first kappa shape index (κ1) is 29.5. The number of carbonyl (C=O) groups excluding carboxylic acids is 1. The zero-order valence-corrected chi connectivity index (χ0v) is 21.8. The molecule has 0 aliphatic rings. The Balaban J connectivity index is 1.19. The van der Waals surface area contributed by atoms with Crippen LogP contribution in [0.15, 0.2) is 55.0 Å². The molecule has 1 amide bonds. The fraction of sp³-hybridized carbons (Fsp3) is 0.360. The number of anilines is 1. The molecule has 2 atom stereocenters. The number of pyridine rings is 1. The van der Waals surface area contributed by atoms with Crippen LogP contribution in [0.4, 0.5) is 23.4 Å². The van der Waals surface area contributed by atoms with E-state index in [9.17, 15) is 27.5 Å². The van der Waals surface area contributed by atoms with Gasteiger partial charge in [-0.15, -0.1) is 23.4 Å². The van der Waals surface area contributed by atoms with Gasteiger partial charge in [0.15, 0.2) is 12.0 Å². The summed E-state index contributed by atoms with van der Waals surface area (Å²) in [5, 5.41) is 31.1. The van der Waals surface area contributed by atoms with Crippen molar-refractivity contribution in [2.24, 2.45) is 0 Å². The number of halogens is 4. The van der Waals surface area contributed by atoms with Crippen molar-refractivity contribution in [3.63, 3.8) is 0 Å². The number of carbonyl (C=O) groups is 1. The number of amides is 1. The van der Waals surface area contributed by atoms with Gasteiger partial charge >= 0.3 is 6.36 Å². The highest BCUT2D eigenvalue weighted by Crippen LogP contribution is 2.23. The molecule has 1 aromatic carbocycles. The average Bonchev–Trinajstić information content (AvgIpc) is 3.56. The molecule has 4 rings (SSSR count). The number of alkyl halides is 4. The Morgan fingerprint density at radius 3 is 2.66 bits per heavy atom. The summed E-state index contributed by atoms with van der Waals surface area (Å²) in [4.78, 5) is 16.4. The molecule has 0 radical (unpaired) electrons. The van der Waals surface area contributed by atoms with Crippen LogP contribution < -0.4 is 15.4 Å². The first-order chi connectivity index (χ1) is 19.5. The molecule has 218 valence electrons. The second kappa shape index (κ2) is 13.3. The van der Waals surface area contributed by atoms with Gasteiger partial charge in [-0.3, -0.25) is 19.8 Å². The van der Waals surface area contributed by atoms with Gasteiger partial charge in [-0.1, -0.05) is 28.6 Å². The van der Waals surface area contributed by atoms with Crippen molar-refractivity contribution in [1.29, 1.82) is 0 Å². The number of aliphatic hydroxyl groups is 1. The standard InChI is InChI=1S/C25H27F4N9O3/c1-16-5-6-18(11-30-16)10-23(39)32-22-15-38(36-34-22)13-19(26)7-8-37-14-21(33-35-37)24(40)31-12-17-3-2-4-20(9-17)41-25(27,28)29/h2-6,9,11,14-15,19,24,31,40H,7-8,10,12-13H2,1H3,(H,32,39). The summed E-state index contributed by atoms with van der Waals surface area (Å²) in [5.74, 6) is -0.479. The van der Waals surface area contributed by atoms with Crippen molar-refractivity contribution < 1.29 is 32.2 Å². The van der Waals surface area contributed by atoms with Gasteiger partial charge in [-0.2, -0.15) is 0 Å². The van der Waals surface area contributed by atoms with Gasteiger partial charge in [-0.05, 0) is 36.2 Å². The number of hydrogen-bond acceptors (Lipinski definition) is 9. The van der Waals surface area contributed by atoms with E-state index in [2.05, 4.69) is 41.0 Å². The highest BCUT2D eigenvalue weighted by molar-refractivity contribution is 5.91. The van der Waals surface area contributed by atoms with Crippen LogP contribution in [0.25, 0.3) is 0 Å². The minimum absolute atomic E-state index is 0.0269. The molecule has 0 bridgehead atoms. The monoisotopic (exact) mass is 577 g/mol. The van der Waals surface area contributed by atoms with Crippen molar-refractivity contribution in [2.75, 3.05) is 5.32 Å². The number of ether oxygens (including phenoxy) is 1. The number of aromatic nitrogens is 7. The largest absolute Gasteiger partial charge is 0.573 e. The van der Waals surface area contributed by atoms with Gasteiger partial charge in [0.1, 0.15) is 17.6 Å². The summed E-state index contributed by atoms with van der Waals surface area (Å²) in [7, 11) is 0. The molecule has 0 saturated carbocycles. The summed E-state index contributed by atoms with van der Waals surface area (Å²) < 4.78 is 58.3. The topological polar surface area (TPSA) is 145 Å². The van der Waals surface area contributed by atoms with Crippen LogP contribution in [0.1, 0.15) is 35.2 Å². The molecule has 3 aromatic heterocycles. The van der Waals surface area contributed by atoms with E-state index in [1.165, 1.54) is 40.0 Å². The van der Waals surface area contributed by atoms with Crippen molar-refractivity contribution in [1.82, 2.24) is 40.3 Å². The maximum Gasteiger partial charge on any atom is 0.573 e. The SMILES string of the molecule is Cc1ccc(CC(=O)Nc2cn(CC(F)CCn3cc(C(O)NCc4cccc(OC(F)(F)F)c4)nn3)nn2)cn1. The first-order valence-electron chi connectivity index (χ1n) is 12.4. The second-order valence-corrected chi connectivity index (χ2v) is 9.13. The number of benzene rings is 1. The van der Waals surface area contributed by atoms with E-state index in [4.69, 9.17) is 0 Å². The Hall–Kier alpha value is -4.44. The summed E-state index contributed by atoms with van der Waals surface area (Å²) in [6.07, 6.45) is -2.74. The van der Waals surface area contributed by atoms with Crippen molar-refractivity contribution in [2.45, 2.75) is 58.2 Å². The Labute approximate surface area is 231 Å². The van der Waals surface area contributed by atoms with E-state index in [0.717, 1.165) is 11.3 Å². The van der Waals surface area contributed by atoms with Gasteiger partial charge in [0.25, 0.3) is 0 Å². The van der Waals surface area contributed by atoms with Gasteiger partial charge in [0, 0.05) is 31.4 Å². The van der Waals surface area contributed by atoms with E-state index in [0.29, 0.717) is 5.56 Å². The maximum absolute atomic E-state index is 14.6. The average molecular weight is 578 g/mol. The number of nitrogens with one attached hydrogen (secondary N) is 2. The lowest BCUT2D eigenvalue weighted by atomic mass is 10.2. The summed E-state index contributed by atoms with van der Waals surface area (Å²) in [5.41, 5.74) is 2.19. The van der Waals surface area contributed by atoms with Crippen LogP contribution in [0.3, 0.4) is 0 Å². The zero-order valence-electron chi connectivity index (χ0n) is 21.8. The molecule has 0 aliphatic carbocycles. The van der Waals surface area contributed by atoms with Crippen molar-refractivity contribution in [3.05, 3.63) is 77.5 Å². The lowest BCUT2D eigenvalue weighted by molar-refractivity contribution is -0.274. The molecular weight excluding hydrogens is 550 g/mol. The normalized spacial score (nSPS) is 13.1. The van der Waals surface area contributed by atoms with Crippen molar-refractivity contribution in [3.8, 4) is 5.75 Å². The predicted octanol–water partition coefficient (Wildman–Crippen LogP) is 2.86. The second-order valence-electron chi connectivity index (χ2n) is 9.13. The molecule has 41 heavy (non-hydrogen) atoms. The van der Waals surface area contributed by atoms with Crippen LogP contribution in [0, 0.1) is 6.92 Å². The lowest BCUT2D eigenvalue weighted by Crippen LogP contribution is -2.21. The van der Waals surface area contributed by atoms with Gasteiger partial charge in [-0.25, -0.2) is 9.07 Å². The van der Waals surface area contributed by atoms with Crippen LogP contribution >= 0.6 is 0 Å². The first-order valence-corrected chi connectivity index (χ1v) is 12.4. The van der Waals surface area contributed by atoms with E-state index < -0.39 is 18.8 Å². The maximum atomic E-state index is 14.6. The predicted molar refractivity (Wildman–Crippen MR) is 136 cm³/mol. The number of aliphatic hydroxyl groups excluding tert-OH is 1. The molecule has 16 heteroatoms. The van der Waals surface area contributed by atoms with Crippen LogP contribution in [0.5, 0.6) is 5.75 Å². The Bertz CT molecular complexity index is 1430. The number of aryl methyl sites for hydroxylation is 2. The molecule has 0 aliphatic heterocycles. The molecule has 0 spiro atoms.